The van der Waals surface area contributed by atoms with E-state index in [4.69, 9.17) is 11.6 Å². The fraction of sp³-hybridized carbons (Fsp3) is 0.450. The second-order valence-corrected chi connectivity index (χ2v) is 7.51. The van der Waals surface area contributed by atoms with Crippen LogP contribution in [0.3, 0.4) is 0 Å². The maximum Gasteiger partial charge on any atom is 0.214 e. The molecular weight excluding hydrogens is 383 g/mol. The molecule has 1 aliphatic rings. The lowest BCUT2D eigenvalue weighted by atomic mass is 9.84. The summed E-state index contributed by atoms with van der Waals surface area (Å²) >= 11 is 6.06. The van der Waals surface area contributed by atoms with Crippen molar-refractivity contribution in [3.05, 3.63) is 53.3 Å². The fourth-order valence-corrected chi connectivity index (χ4v) is 3.92. The van der Waals surface area contributed by atoms with E-state index in [2.05, 4.69) is 15.3 Å². The van der Waals surface area contributed by atoms with Gasteiger partial charge >= 0.3 is 0 Å². The first kappa shape index (κ1) is 20.6. The van der Waals surface area contributed by atoms with Crippen LogP contribution >= 0.6 is 11.6 Å². The first-order valence-electron chi connectivity index (χ1n) is 9.44. The molecule has 1 aromatic carbocycles. The molecule has 1 aliphatic carbocycles. The molecule has 1 aromatic heterocycles. The van der Waals surface area contributed by atoms with Crippen LogP contribution in [0.2, 0.25) is 5.02 Å². The number of amides is 1. The van der Waals surface area contributed by atoms with E-state index in [1.54, 1.807) is 18.6 Å². The molecule has 1 heterocycles. The highest BCUT2D eigenvalue weighted by Gasteiger charge is 2.24. The molecule has 2 aromatic rings. The van der Waals surface area contributed by atoms with E-state index in [1.807, 2.05) is 0 Å². The monoisotopic (exact) mass is 406 g/mol. The molecular formula is C20H24ClFN4O2. The lowest BCUT2D eigenvalue weighted by Crippen LogP contribution is -2.37. The Morgan fingerprint density at radius 3 is 2.75 bits per heavy atom. The van der Waals surface area contributed by atoms with Crippen LogP contribution in [0.1, 0.15) is 44.0 Å². The van der Waals surface area contributed by atoms with Crippen LogP contribution in [0.25, 0.3) is 0 Å². The minimum absolute atomic E-state index is 0.224. The van der Waals surface area contributed by atoms with Crippen LogP contribution < -0.4 is 10.2 Å². The Hall–Kier alpha value is -2.09. The Morgan fingerprint density at radius 1 is 1.32 bits per heavy atom. The van der Waals surface area contributed by atoms with Gasteiger partial charge in [-0.2, -0.15) is 0 Å². The maximum atomic E-state index is 13.2. The Labute approximate surface area is 168 Å². The molecule has 1 atom stereocenters. The lowest BCUT2D eigenvalue weighted by molar-refractivity contribution is -0.107. The highest BCUT2D eigenvalue weighted by atomic mass is 35.5. The quantitative estimate of drug-likeness (QED) is 0.518. The van der Waals surface area contributed by atoms with Crippen molar-refractivity contribution < 1.29 is 14.3 Å². The van der Waals surface area contributed by atoms with Gasteiger partial charge in [-0.1, -0.05) is 11.6 Å². The summed E-state index contributed by atoms with van der Waals surface area (Å²) in [6.45, 7) is 0.542. The maximum absolute atomic E-state index is 13.2. The molecule has 1 fully saturated rings. The second-order valence-electron chi connectivity index (χ2n) is 7.10. The Morgan fingerprint density at radius 2 is 2.11 bits per heavy atom. The predicted molar refractivity (Wildman–Crippen MR) is 105 cm³/mol. The van der Waals surface area contributed by atoms with Crippen molar-refractivity contribution in [2.75, 3.05) is 11.4 Å². The van der Waals surface area contributed by atoms with Crippen LogP contribution in [0.5, 0.6) is 0 Å². The molecule has 0 aliphatic heterocycles. The van der Waals surface area contributed by atoms with Crippen molar-refractivity contribution in [2.45, 2.75) is 44.4 Å². The van der Waals surface area contributed by atoms with Crippen LogP contribution in [-0.4, -0.2) is 34.1 Å². The third-order valence-electron chi connectivity index (χ3n) is 5.23. The molecule has 8 heteroatoms. The Bertz CT molecular complexity index is 772. The average molecular weight is 407 g/mol. The van der Waals surface area contributed by atoms with Crippen molar-refractivity contribution in [3.63, 3.8) is 0 Å². The number of hydrogen-bond donors (Lipinski definition) is 2. The number of nitrogens with one attached hydrogen (secondary N) is 1. The molecule has 6 nitrogen and oxygen atoms in total. The molecule has 2 N–H and O–H groups in total. The zero-order valence-electron chi connectivity index (χ0n) is 15.5. The van der Waals surface area contributed by atoms with E-state index >= 15 is 0 Å². The number of rotatable bonds is 8. The number of aliphatic hydroxyl groups is 1. The molecule has 3 rings (SSSR count). The number of benzene rings is 1. The normalized spacial score (nSPS) is 20.5. The van der Waals surface area contributed by atoms with E-state index in [0.717, 1.165) is 38.5 Å². The Kier molecular flexibility index (Phi) is 7.30. The van der Waals surface area contributed by atoms with Gasteiger partial charge in [0.25, 0.3) is 0 Å². The number of halogens is 2. The molecule has 1 amide bonds. The largest absolute Gasteiger partial charge is 0.373 e. The molecule has 0 bridgehead atoms. The van der Waals surface area contributed by atoms with Crippen LogP contribution in [0, 0.1) is 11.7 Å². The number of aromatic nitrogens is 2. The van der Waals surface area contributed by atoms with Gasteiger partial charge in [0.2, 0.25) is 6.41 Å². The van der Waals surface area contributed by atoms with Gasteiger partial charge in [0.1, 0.15) is 17.7 Å². The number of carbonyl (C=O) groups excluding carboxylic acids is 1. The summed E-state index contributed by atoms with van der Waals surface area (Å²) in [6.07, 6.45) is 9.37. The van der Waals surface area contributed by atoms with Crippen LogP contribution in [0.15, 0.2) is 36.8 Å². The second kappa shape index (κ2) is 9.91. The van der Waals surface area contributed by atoms with Gasteiger partial charge in [0.15, 0.2) is 0 Å². The summed E-state index contributed by atoms with van der Waals surface area (Å²) in [7, 11) is 0. The van der Waals surface area contributed by atoms with Gasteiger partial charge < -0.3 is 10.0 Å². The van der Waals surface area contributed by atoms with E-state index in [1.165, 1.54) is 23.1 Å². The Balaban J connectivity index is 1.45. The molecule has 1 saturated carbocycles. The van der Waals surface area contributed by atoms with Crippen molar-refractivity contribution in [1.82, 2.24) is 15.3 Å². The highest BCUT2D eigenvalue weighted by Crippen LogP contribution is 2.30. The van der Waals surface area contributed by atoms with E-state index in [0.29, 0.717) is 23.8 Å². The smallest absolute Gasteiger partial charge is 0.214 e. The standard InChI is InChI=1S/C20H24ClFN4O2/c21-17-11-15(22)3-6-19(17)26(13-27)10-7-14-1-4-16(5-2-14)25-20(28)18-12-23-8-9-24-18/h3,6,8-9,11-14,16,20,25,28H,1-2,4-5,7,10H2. The van der Waals surface area contributed by atoms with Crippen molar-refractivity contribution >= 4 is 23.7 Å². The summed E-state index contributed by atoms with van der Waals surface area (Å²) in [4.78, 5) is 21.1. The number of anilines is 1. The fourth-order valence-electron chi connectivity index (χ4n) is 3.64. The molecule has 0 spiro atoms. The van der Waals surface area contributed by atoms with E-state index < -0.39 is 12.0 Å². The van der Waals surface area contributed by atoms with Gasteiger partial charge in [-0.05, 0) is 56.2 Å². The number of hydrogen-bond acceptors (Lipinski definition) is 5. The molecule has 150 valence electrons. The van der Waals surface area contributed by atoms with Gasteiger partial charge in [0, 0.05) is 25.0 Å². The summed E-state index contributed by atoms with van der Waals surface area (Å²) in [5, 5.41) is 13.7. The van der Waals surface area contributed by atoms with Gasteiger partial charge in [-0.15, -0.1) is 0 Å². The van der Waals surface area contributed by atoms with Crippen LogP contribution in [0.4, 0.5) is 10.1 Å². The average Bonchev–Trinajstić information content (AvgIpc) is 2.71. The van der Waals surface area contributed by atoms with Crippen molar-refractivity contribution in [1.29, 1.82) is 0 Å². The number of carbonyl (C=O) groups is 1. The molecule has 28 heavy (non-hydrogen) atoms. The minimum atomic E-state index is -0.818. The van der Waals surface area contributed by atoms with Crippen LogP contribution in [-0.2, 0) is 4.79 Å². The zero-order chi connectivity index (χ0) is 19.9. The van der Waals surface area contributed by atoms with Crippen molar-refractivity contribution in [3.8, 4) is 0 Å². The summed E-state index contributed by atoms with van der Waals surface area (Å²) in [5.74, 6) is 0.0717. The van der Waals surface area contributed by atoms with E-state index in [9.17, 15) is 14.3 Å². The molecule has 0 saturated heterocycles. The van der Waals surface area contributed by atoms with E-state index in [-0.39, 0.29) is 11.1 Å². The van der Waals surface area contributed by atoms with Gasteiger partial charge in [-0.25, -0.2) is 4.39 Å². The first-order valence-corrected chi connectivity index (χ1v) is 9.81. The van der Waals surface area contributed by atoms with Gasteiger partial charge in [0.05, 0.1) is 16.9 Å². The number of aliphatic hydroxyl groups excluding tert-OH is 1. The predicted octanol–water partition coefficient (Wildman–Crippen LogP) is 3.46. The first-order chi connectivity index (χ1) is 13.6. The summed E-state index contributed by atoms with van der Waals surface area (Å²) in [6, 6.07) is 4.27. The molecule has 1 unspecified atom stereocenters. The SMILES string of the molecule is O=CN(CCC1CCC(NC(O)c2cnccn2)CC1)c1ccc(F)cc1Cl. The third kappa shape index (κ3) is 5.47. The number of nitrogens with zero attached hydrogens (tertiary/aromatic N) is 3. The summed E-state index contributed by atoms with van der Waals surface area (Å²) < 4.78 is 13.2. The summed E-state index contributed by atoms with van der Waals surface area (Å²) in [5.41, 5.74) is 1.04. The zero-order valence-corrected chi connectivity index (χ0v) is 16.2. The van der Waals surface area contributed by atoms with Gasteiger partial charge in [-0.3, -0.25) is 20.1 Å². The topological polar surface area (TPSA) is 78.4 Å². The highest BCUT2D eigenvalue weighted by molar-refractivity contribution is 6.33. The molecule has 0 radical (unpaired) electrons. The lowest BCUT2D eigenvalue weighted by Gasteiger charge is -2.31. The minimum Gasteiger partial charge on any atom is -0.373 e. The third-order valence-corrected chi connectivity index (χ3v) is 5.53. The van der Waals surface area contributed by atoms with Crippen molar-refractivity contribution in [2.24, 2.45) is 5.92 Å².